The molecule has 7 heteroatoms. The molecule has 1 atom stereocenters. The van der Waals surface area contributed by atoms with Gasteiger partial charge in [-0.1, -0.05) is 0 Å². The highest BCUT2D eigenvalue weighted by atomic mass is 19.4. The first-order valence-electron chi connectivity index (χ1n) is 4.71. The highest BCUT2D eigenvalue weighted by Crippen LogP contribution is 2.21. The summed E-state index contributed by atoms with van der Waals surface area (Å²) in [5.74, 6) is 0. The van der Waals surface area contributed by atoms with E-state index in [2.05, 4.69) is 5.32 Å². The second-order valence-electron chi connectivity index (χ2n) is 4.36. The van der Waals surface area contributed by atoms with Gasteiger partial charge in [-0.2, -0.15) is 13.2 Å². The van der Waals surface area contributed by atoms with Crippen molar-refractivity contribution in [3.63, 3.8) is 0 Å². The van der Waals surface area contributed by atoms with Gasteiger partial charge in [0.25, 0.3) is 0 Å². The van der Waals surface area contributed by atoms with Crippen molar-refractivity contribution in [2.24, 2.45) is 0 Å². The lowest BCUT2D eigenvalue weighted by Crippen LogP contribution is -2.38. The number of aliphatic hydroxyl groups is 1. The first-order chi connectivity index (χ1) is 6.99. The lowest BCUT2D eigenvalue weighted by molar-refractivity contribution is -0.152. The summed E-state index contributed by atoms with van der Waals surface area (Å²) in [4.78, 5) is 11.0. The lowest BCUT2D eigenvalue weighted by atomic mass is 10.2. The highest BCUT2D eigenvalue weighted by Gasteiger charge is 2.31. The fourth-order valence-corrected chi connectivity index (χ4v) is 0.855. The monoisotopic (exact) mass is 243 g/mol. The Hall–Kier alpha value is -0.980. The van der Waals surface area contributed by atoms with Crippen LogP contribution in [0.25, 0.3) is 0 Å². The Labute approximate surface area is 91.8 Å². The highest BCUT2D eigenvalue weighted by molar-refractivity contribution is 5.67. The molecule has 96 valence electrons. The van der Waals surface area contributed by atoms with Crippen molar-refractivity contribution in [2.45, 2.75) is 45.1 Å². The Morgan fingerprint density at radius 3 is 2.25 bits per heavy atom. The average molecular weight is 243 g/mol. The molecule has 0 radical (unpaired) electrons. The average Bonchev–Trinajstić information content (AvgIpc) is 1.94. The number of halogens is 3. The van der Waals surface area contributed by atoms with Crippen molar-refractivity contribution >= 4 is 6.09 Å². The second kappa shape index (κ2) is 5.38. The summed E-state index contributed by atoms with van der Waals surface area (Å²) in [5.41, 5.74) is -0.723. The Kier molecular flexibility index (Phi) is 5.05. The van der Waals surface area contributed by atoms with Gasteiger partial charge in [-0.3, -0.25) is 0 Å². The SMILES string of the molecule is CC(C)(C)OC(=O)NCC(O)CC(F)(F)F. The zero-order valence-corrected chi connectivity index (χ0v) is 9.39. The molecule has 0 aliphatic heterocycles. The van der Waals surface area contributed by atoms with Crippen molar-refractivity contribution in [1.82, 2.24) is 5.32 Å². The molecular weight excluding hydrogens is 227 g/mol. The number of rotatable bonds is 3. The van der Waals surface area contributed by atoms with Gasteiger partial charge in [0, 0.05) is 6.54 Å². The van der Waals surface area contributed by atoms with Gasteiger partial charge in [0.1, 0.15) is 5.60 Å². The fourth-order valence-electron chi connectivity index (χ4n) is 0.855. The quantitative estimate of drug-likeness (QED) is 0.795. The minimum atomic E-state index is -4.45. The Morgan fingerprint density at radius 1 is 1.38 bits per heavy atom. The topological polar surface area (TPSA) is 58.6 Å². The fraction of sp³-hybridized carbons (Fsp3) is 0.889. The van der Waals surface area contributed by atoms with Gasteiger partial charge in [-0.25, -0.2) is 4.79 Å². The summed E-state index contributed by atoms with van der Waals surface area (Å²) in [6.45, 7) is 4.38. The summed E-state index contributed by atoms with van der Waals surface area (Å²) in [6, 6.07) is 0. The van der Waals surface area contributed by atoms with Gasteiger partial charge in [-0.15, -0.1) is 0 Å². The first kappa shape index (κ1) is 15.0. The number of carbonyl (C=O) groups excluding carboxylic acids is 1. The number of ether oxygens (including phenoxy) is 1. The van der Waals surface area contributed by atoms with Crippen LogP contribution in [-0.2, 0) is 4.74 Å². The molecule has 0 rings (SSSR count). The van der Waals surface area contributed by atoms with E-state index in [0.717, 1.165) is 0 Å². The molecule has 0 fully saturated rings. The van der Waals surface area contributed by atoms with Crippen LogP contribution in [0.15, 0.2) is 0 Å². The van der Waals surface area contributed by atoms with Crippen LogP contribution in [0.2, 0.25) is 0 Å². The first-order valence-corrected chi connectivity index (χ1v) is 4.71. The number of amides is 1. The summed E-state index contributed by atoms with van der Waals surface area (Å²) in [7, 11) is 0. The van der Waals surface area contributed by atoms with Crippen LogP contribution in [0.1, 0.15) is 27.2 Å². The van der Waals surface area contributed by atoms with Gasteiger partial charge in [0.05, 0.1) is 12.5 Å². The van der Waals surface area contributed by atoms with Gasteiger partial charge >= 0.3 is 12.3 Å². The van der Waals surface area contributed by atoms with E-state index >= 15 is 0 Å². The smallest absolute Gasteiger partial charge is 0.407 e. The molecule has 0 saturated heterocycles. The molecule has 2 N–H and O–H groups in total. The normalized spacial score (nSPS) is 14.4. The molecule has 4 nitrogen and oxygen atoms in total. The number of nitrogens with one attached hydrogen (secondary N) is 1. The molecule has 1 unspecified atom stereocenters. The molecule has 0 heterocycles. The molecule has 0 aliphatic carbocycles. The third-order valence-electron chi connectivity index (χ3n) is 1.35. The van der Waals surface area contributed by atoms with E-state index in [1.54, 1.807) is 20.8 Å². The van der Waals surface area contributed by atoms with Crippen molar-refractivity contribution < 1.29 is 27.8 Å². The van der Waals surface area contributed by atoms with Crippen LogP contribution in [0.4, 0.5) is 18.0 Å². The van der Waals surface area contributed by atoms with Gasteiger partial charge < -0.3 is 15.2 Å². The van der Waals surface area contributed by atoms with E-state index in [4.69, 9.17) is 9.84 Å². The van der Waals surface area contributed by atoms with Crippen molar-refractivity contribution in [2.75, 3.05) is 6.54 Å². The van der Waals surface area contributed by atoms with E-state index in [0.29, 0.717) is 0 Å². The molecule has 1 amide bonds. The Morgan fingerprint density at radius 2 is 1.88 bits per heavy atom. The van der Waals surface area contributed by atoms with E-state index in [-0.39, 0.29) is 0 Å². The van der Waals surface area contributed by atoms with Crippen LogP contribution in [0.3, 0.4) is 0 Å². The molecular formula is C9H16F3NO3. The maximum Gasteiger partial charge on any atom is 0.407 e. The third kappa shape index (κ3) is 9.57. The number of aliphatic hydroxyl groups excluding tert-OH is 1. The van der Waals surface area contributed by atoms with Crippen molar-refractivity contribution in [1.29, 1.82) is 0 Å². The van der Waals surface area contributed by atoms with Crippen LogP contribution in [0.5, 0.6) is 0 Å². The molecule has 0 aromatic heterocycles. The number of alkyl carbamates (subject to hydrolysis) is 1. The zero-order chi connectivity index (χ0) is 13.0. The van der Waals surface area contributed by atoms with E-state index in [9.17, 15) is 18.0 Å². The standard InChI is InChI=1S/C9H16F3NO3/c1-8(2,3)16-7(15)13-5-6(14)4-9(10,11)12/h6,14H,4-5H2,1-3H3,(H,13,15). The number of hydrogen-bond donors (Lipinski definition) is 2. The zero-order valence-electron chi connectivity index (χ0n) is 9.39. The van der Waals surface area contributed by atoms with Crippen LogP contribution in [0, 0.1) is 0 Å². The van der Waals surface area contributed by atoms with Crippen LogP contribution < -0.4 is 5.32 Å². The predicted octanol–water partition coefficient (Wildman–Crippen LogP) is 1.82. The van der Waals surface area contributed by atoms with Gasteiger partial charge in [0.2, 0.25) is 0 Å². The molecule has 0 saturated carbocycles. The summed E-state index contributed by atoms with van der Waals surface area (Å²) < 4.78 is 40.2. The summed E-state index contributed by atoms with van der Waals surface area (Å²) in [5, 5.41) is 11.0. The lowest BCUT2D eigenvalue weighted by Gasteiger charge is -2.20. The minimum absolute atomic E-state index is 0.492. The molecule has 0 bridgehead atoms. The maximum atomic E-state index is 11.8. The largest absolute Gasteiger partial charge is 0.444 e. The molecule has 16 heavy (non-hydrogen) atoms. The van der Waals surface area contributed by atoms with Crippen LogP contribution >= 0.6 is 0 Å². The van der Waals surface area contributed by atoms with Crippen molar-refractivity contribution in [3.05, 3.63) is 0 Å². The Bertz CT molecular complexity index is 235. The Balaban J connectivity index is 3.85. The van der Waals surface area contributed by atoms with E-state index in [1.807, 2.05) is 0 Å². The van der Waals surface area contributed by atoms with E-state index < -0.39 is 36.9 Å². The van der Waals surface area contributed by atoms with E-state index in [1.165, 1.54) is 0 Å². The summed E-state index contributed by atoms with van der Waals surface area (Å²) >= 11 is 0. The van der Waals surface area contributed by atoms with Crippen molar-refractivity contribution in [3.8, 4) is 0 Å². The third-order valence-corrected chi connectivity index (χ3v) is 1.35. The molecule has 0 aliphatic rings. The number of hydrogen-bond acceptors (Lipinski definition) is 3. The molecule has 0 aromatic rings. The molecule has 0 spiro atoms. The minimum Gasteiger partial charge on any atom is -0.444 e. The van der Waals surface area contributed by atoms with Crippen LogP contribution in [-0.4, -0.2) is 35.6 Å². The maximum absolute atomic E-state index is 11.8. The second-order valence-corrected chi connectivity index (χ2v) is 4.36. The summed E-state index contributed by atoms with van der Waals surface area (Å²) in [6.07, 6.45) is -8.32. The van der Waals surface area contributed by atoms with Gasteiger partial charge in [-0.05, 0) is 20.8 Å². The number of carbonyl (C=O) groups is 1. The molecule has 0 aromatic carbocycles. The van der Waals surface area contributed by atoms with Gasteiger partial charge in [0.15, 0.2) is 0 Å². The number of alkyl halides is 3. The predicted molar refractivity (Wildman–Crippen MR) is 50.9 cm³/mol.